The van der Waals surface area contributed by atoms with Crippen LogP contribution in [0.5, 0.6) is 0 Å². The minimum Gasteiger partial charge on any atom is -0.311 e. The molecule has 0 radical (unpaired) electrons. The molecule has 56 heavy (non-hydrogen) atoms. The Kier molecular flexibility index (Phi) is 8.55. The van der Waals surface area contributed by atoms with E-state index in [0.29, 0.717) is 0 Å². The molecule has 2 nitrogen and oxygen atoms in total. The van der Waals surface area contributed by atoms with Crippen LogP contribution in [0.25, 0.3) is 72.0 Å². The zero-order chi connectivity index (χ0) is 37.3. The Morgan fingerprint density at radius 1 is 0.268 bits per heavy atom. The topological polar surface area (TPSA) is 8.17 Å². The maximum Gasteiger partial charge on any atom is 0.0541 e. The molecule has 0 aliphatic rings. The molecule has 10 aromatic rings. The molecule has 0 saturated carbocycles. The Balaban J connectivity index is 0.996. The van der Waals surface area contributed by atoms with Gasteiger partial charge in [-0.05, 0) is 117 Å². The van der Waals surface area contributed by atoms with Crippen LogP contribution in [-0.2, 0) is 0 Å². The van der Waals surface area contributed by atoms with Gasteiger partial charge < -0.3 is 9.47 Å². The van der Waals surface area contributed by atoms with E-state index in [1.165, 1.54) is 72.0 Å². The van der Waals surface area contributed by atoms with Gasteiger partial charge in [0.2, 0.25) is 0 Å². The van der Waals surface area contributed by atoms with Crippen LogP contribution in [-0.4, -0.2) is 4.57 Å². The summed E-state index contributed by atoms with van der Waals surface area (Å²) in [6.07, 6.45) is 0. The number of aromatic nitrogens is 1. The zero-order valence-corrected chi connectivity index (χ0v) is 30.8. The van der Waals surface area contributed by atoms with Crippen LogP contribution in [0.3, 0.4) is 0 Å². The Morgan fingerprint density at radius 2 is 0.714 bits per heavy atom. The average Bonchev–Trinajstić information content (AvgIpc) is 3.62. The van der Waals surface area contributed by atoms with Crippen molar-refractivity contribution in [3.63, 3.8) is 0 Å². The van der Waals surface area contributed by atoms with Crippen LogP contribution in [0.15, 0.2) is 231 Å². The van der Waals surface area contributed by atoms with Crippen molar-refractivity contribution in [3.8, 4) is 50.2 Å². The van der Waals surface area contributed by atoms with E-state index in [-0.39, 0.29) is 0 Å². The van der Waals surface area contributed by atoms with E-state index in [4.69, 9.17) is 0 Å². The second-order valence-electron chi connectivity index (χ2n) is 14.2. The highest BCUT2D eigenvalue weighted by molar-refractivity contribution is 6.10. The summed E-state index contributed by atoms with van der Waals surface area (Å²) in [5, 5.41) is 2.51. The van der Waals surface area contributed by atoms with E-state index in [0.717, 1.165) is 17.1 Å². The number of hydrogen-bond acceptors (Lipinski definition) is 1. The highest BCUT2D eigenvalue weighted by Gasteiger charge is 2.16. The molecule has 0 bridgehead atoms. The largest absolute Gasteiger partial charge is 0.311 e. The van der Waals surface area contributed by atoms with Gasteiger partial charge in [0.15, 0.2) is 0 Å². The lowest BCUT2D eigenvalue weighted by atomic mass is 9.91. The first-order chi connectivity index (χ1) is 27.8. The molecule has 0 N–H and O–H groups in total. The SMILES string of the molecule is c1ccc(-c2ccc(-c3ccc(N(c4ccccc4)c4ccc(-c5ccc6c(c5)c5ccccc5n6-c5ccccc5)cc4)cc3)cc2-c2ccccc2)cc1. The summed E-state index contributed by atoms with van der Waals surface area (Å²) in [6.45, 7) is 0. The fourth-order valence-electron chi connectivity index (χ4n) is 8.09. The first-order valence-corrected chi connectivity index (χ1v) is 19.2. The predicted octanol–water partition coefficient (Wildman–Crippen LogP) is 14.9. The second-order valence-corrected chi connectivity index (χ2v) is 14.2. The fourth-order valence-corrected chi connectivity index (χ4v) is 8.09. The van der Waals surface area contributed by atoms with Gasteiger partial charge in [-0.25, -0.2) is 0 Å². The highest BCUT2D eigenvalue weighted by atomic mass is 15.1. The van der Waals surface area contributed by atoms with Crippen molar-refractivity contribution in [2.45, 2.75) is 0 Å². The first kappa shape index (κ1) is 33.2. The minimum absolute atomic E-state index is 1.10. The van der Waals surface area contributed by atoms with Crippen molar-refractivity contribution in [1.82, 2.24) is 4.57 Å². The lowest BCUT2D eigenvalue weighted by molar-refractivity contribution is 1.18. The summed E-state index contributed by atoms with van der Waals surface area (Å²) in [6, 6.07) is 82.9. The Labute approximate surface area is 327 Å². The molecule has 264 valence electrons. The summed E-state index contributed by atoms with van der Waals surface area (Å²) in [5.41, 5.74) is 16.5. The van der Waals surface area contributed by atoms with Gasteiger partial charge in [-0.1, -0.05) is 158 Å². The Bertz CT molecular complexity index is 2910. The molecule has 0 fully saturated rings. The quantitative estimate of drug-likeness (QED) is 0.152. The van der Waals surface area contributed by atoms with Crippen molar-refractivity contribution >= 4 is 38.9 Å². The van der Waals surface area contributed by atoms with Gasteiger partial charge in [0.1, 0.15) is 0 Å². The first-order valence-electron chi connectivity index (χ1n) is 19.2. The number of rotatable bonds is 8. The van der Waals surface area contributed by atoms with E-state index in [9.17, 15) is 0 Å². The third-order valence-corrected chi connectivity index (χ3v) is 10.8. The molecule has 0 spiro atoms. The van der Waals surface area contributed by atoms with Gasteiger partial charge in [-0.15, -0.1) is 0 Å². The number of anilines is 3. The van der Waals surface area contributed by atoms with Crippen LogP contribution < -0.4 is 4.90 Å². The molecular weight excluding hydrogens is 677 g/mol. The Hall–Kier alpha value is -7.42. The lowest BCUT2D eigenvalue weighted by Crippen LogP contribution is -2.09. The average molecular weight is 715 g/mol. The van der Waals surface area contributed by atoms with E-state index >= 15 is 0 Å². The summed E-state index contributed by atoms with van der Waals surface area (Å²) in [4.78, 5) is 2.33. The van der Waals surface area contributed by atoms with Gasteiger partial charge in [-0.2, -0.15) is 0 Å². The summed E-state index contributed by atoms with van der Waals surface area (Å²) >= 11 is 0. The standard InChI is InChI=1S/C54H38N2/c1-5-15-41(16-6-1)49-35-29-43(37-51(49)42-17-7-2-8-18-42)39-25-31-47(32-26-39)55(45-19-9-3-10-20-45)48-33-27-40(28-34-48)44-30-36-54-52(38-44)50-23-13-14-24-53(50)56(54)46-21-11-4-12-22-46/h1-38H. The van der Waals surface area contributed by atoms with Gasteiger partial charge >= 0.3 is 0 Å². The minimum atomic E-state index is 1.10. The van der Waals surface area contributed by atoms with Crippen LogP contribution in [0.4, 0.5) is 17.1 Å². The number of fused-ring (bicyclic) bond motifs is 3. The third kappa shape index (κ3) is 6.14. The second kappa shape index (κ2) is 14.4. The maximum atomic E-state index is 2.36. The molecule has 2 heteroatoms. The molecule has 0 aliphatic carbocycles. The summed E-state index contributed by atoms with van der Waals surface area (Å²) < 4.78 is 2.36. The molecular formula is C54H38N2. The fraction of sp³-hybridized carbons (Fsp3) is 0. The number of para-hydroxylation sites is 3. The number of benzene rings is 9. The number of hydrogen-bond donors (Lipinski definition) is 0. The van der Waals surface area contributed by atoms with Crippen molar-refractivity contribution in [3.05, 3.63) is 231 Å². The molecule has 0 aliphatic heterocycles. The molecule has 0 saturated heterocycles. The summed E-state index contributed by atoms with van der Waals surface area (Å²) in [7, 11) is 0. The molecule has 9 aromatic carbocycles. The Morgan fingerprint density at radius 3 is 1.34 bits per heavy atom. The lowest BCUT2D eigenvalue weighted by Gasteiger charge is -2.26. The van der Waals surface area contributed by atoms with Crippen LogP contribution in [0, 0.1) is 0 Å². The van der Waals surface area contributed by atoms with Crippen LogP contribution >= 0.6 is 0 Å². The van der Waals surface area contributed by atoms with Gasteiger partial charge in [0.25, 0.3) is 0 Å². The van der Waals surface area contributed by atoms with Gasteiger partial charge in [0, 0.05) is 33.5 Å². The monoisotopic (exact) mass is 714 g/mol. The van der Waals surface area contributed by atoms with Gasteiger partial charge in [-0.3, -0.25) is 0 Å². The third-order valence-electron chi connectivity index (χ3n) is 10.8. The molecule has 1 heterocycles. The predicted molar refractivity (Wildman–Crippen MR) is 237 cm³/mol. The van der Waals surface area contributed by atoms with E-state index in [1.807, 2.05) is 0 Å². The molecule has 10 rings (SSSR count). The highest BCUT2D eigenvalue weighted by Crippen LogP contribution is 2.40. The van der Waals surface area contributed by atoms with Crippen molar-refractivity contribution in [2.75, 3.05) is 4.90 Å². The molecule has 0 amide bonds. The normalized spacial score (nSPS) is 11.2. The molecule has 0 unspecified atom stereocenters. The van der Waals surface area contributed by atoms with Crippen LogP contribution in [0.1, 0.15) is 0 Å². The zero-order valence-electron chi connectivity index (χ0n) is 30.8. The van der Waals surface area contributed by atoms with Crippen molar-refractivity contribution in [1.29, 1.82) is 0 Å². The van der Waals surface area contributed by atoms with E-state index < -0.39 is 0 Å². The van der Waals surface area contributed by atoms with E-state index in [1.54, 1.807) is 0 Å². The van der Waals surface area contributed by atoms with Crippen LogP contribution in [0.2, 0.25) is 0 Å². The maximum absolute atomic E-state index is 2.36. The van der Waals surface area contributed by atoms with E-state index in [2.05, 4.69) is 240 Å². The summed E-state index contributed by atoms with van der Waals surface area (Å²) in [5.74, 6) is 0. The number of nitrogens with zero attached hydrogens (tertiary/aromatic N) is 2. The van der Waals surface area contributed by atoms with Gasteiger partial charge in [0.05, 0.1) is 11.0 Å². The smallest absolute Gasteiger partial charge is 0.0541 e. The van der Waals surface area contributed by atoms with Crippen molar-refractivity contribution in [2.24, 2.45) is 0 Å². The molecule has 1 aromatic heterocycles. The van der Waals surface area contributed by atoms with Crippen molar-refractivity contribution < 1.29 is 0 Å². The molecule has 0 atom stereocenters.